The van der Waals surface area contributed by atoms with E-state index in [4.69, 9.17) is 5.73 Å². The van der Waals surface area contributed by atoms with Gasteiger partial charge in [-0.1, -0.05) is 35.9 Å². The molecule has 0 aromatic heterocycles. The SMILES string of the molecule is Cc1ccc(-c2ccc(C(=O)N3CC[C@@H](CN)C3)c(F)c2)cc1. The van der Waals surface area contributed by atoms with Crippen LogP contribution in [0.25, 0.3) is 11.1 Å². The largest absolute Gasteiger partial charge is 0.338 e. The molecule has 0 spiro atoms. The van der Waals surface area contributed by atoms with Crippen molar-refractivity contribution in [3.8, 4) is 11.1 Å². The number of aryl methyl sites for hydroxylation is 1. The smallest absolute Gasteiger partial charge is 0.256 e. The van der Waals surface area contributed by atoms with E-state index < -0.39 is 5.82 Å². The van der Waals surface area contributed by atoms with Gasteiger partial charge < -0.3 is 10.6 Å². The zero-order valence-electron chi connectivity index (χ0n) is 13.3. The number of hydrogen-bond acceptors (Lipinski definition) is 2. The van der Waals surface area contributed by atoms with Crippen molar-refractivity contribution < 1.29 is 9.18 Å². The Hall–Kier alpha value is -2.20. The molecule has 4 heteroatoms. The number of nitrogens with zero attached hydrogens (tertiary/aromatic N) is 1. The monoisotopic (exact) mass is 312 g/mol. The number of carbonyl (C=O) groups is 1. The molecular formula is C19H21FN2O. The summed E-state index contributed by atoms with van der Waals surface area (Å²) in [5.41, 5.74) is 8.66. The molecule has 23 heavy (non-hydrogen) atoms. The van der Waals surface area contributed by atoms with Crippen LogP contribution in [0.2, 0.25) is 0 Å². The standard InChI is InChI=1S/C19H21FN2O/c1-13-2-4-15(5-3-13)16-6-7-17(18(20)10-16)19(23)22-9-8-14(11-21)12-22/h2-7,10,14H,8-9,11-12,21H2,1H3/t14-/m0/s1. The molecule has 0 saturated carbocycles. The van der Waals surface area contributed by atoms with E-state index in [2.05, 4.69) is 0 Å². The zero-order valence-corrected chi connectivity index (χ0v) is 13.3. The molecule has 3 rings (SSSR count). The summed E-state index contributed by atoms with van der Waals surface area (Å²) in [6.07, 6.45) is 0.894. The molecule has 2 N–H and O–H groups in total. The Morgan fingerprint density at radius 3 is 2.52 bits per heavy atom. The lowest BCUT2D eigenvalue weighted by Gasteiger charge is -2.17. The van der Waals surface area contributed by atoms with Gasteiger partial charge in [0.05, 0.1) is 5.56 Å². The van der Waals surface area contributed by atoms with Crippen LogP contribution in [0.4, 0.5) is 4.39 Å². The van der Waals surface area contributed by atoms with Crippen LogP contribution >= 0.6 is 0 Å². The molecule has 0 unspecified atom stereocenters. The van der Waals surface area contributed by atoms with Crippen LogP contribution in [-0.2, 0) is 0 Å². The van der Waals surface area contributed by atoms with Crippen molar-refractivity contribution >= 4 is 5.91 Å². The van der Waals surface area contributed by atoms with E-state index in [0.717, 1.165) is 23.1 Å². The van der Waals surface area contributed by atoms with Crippen LogP contribution in [0.1, 0.15) is 22.3 Å². The van der Waals surface area contributed by atoms with Gasteiger partial charge in [0.25, 0.3) is 5.91 Å². The molecule has 1 atom stereocenters. The Bertz CT molecular complexity index is 712. The Labute approximate surface area is 135 Å². The summed E-state index contributed by atoms with van der Waals surface area (Å²) in [5, 5.41) is 0. The van der Waals surface area contributed by atoms with Gasteiger partial charge in [-0.05, 0) is 49.1 Å². The van der Waals surface area contributed by atoms with Crippen LogP contribution in [0.3, 0.4) is 0 Å². The molecule has 120 valence electrons. The summed E-state index contributed by atoms with van der Waals surface area (Å²) in [6.45, 7) is 3.85. The molecule has 0 aliphatic carbocycles. The van der Waals surface area contributed by atoms with Gasteiger partial charge in [0.2, 0.25) is 0 Å². The van der Waals surface area contributed by atoms with Gasteiger partial charge in [-0.2, -0.15) is 0 Å². The number of halogens is 1. The third-order valence-electron chi connectivity index (χ3n) is 4.49. The van der Waals surface area contributed by atoms with E-state index >= 15 is 0 Å². The number of carbonyl (C=O) groups excluding carboxylic acids is 1. The van der Waals surface area contributed by atoms with E-state index in [-0.39, 0.29) is 11.5 Å². The van der Waals surface area contributed by atoms with Gasteiger partial charge in [-0.15, -0.1) is 0 Å². The maximum Gasteiger partial charge on any atom is 0.256 e. The lowest BCUT2D eigenvalue weighted by molar-refractivity contribution is 0.0783. The first-order valence-electron chi connectivity index (χ1n) is 7.94. The summed E-state index contributed by atoms with van der Waals surface area (Å²) < 4.78 is 14.4. The third-order valence-corrected chi connectivity index (χ3v) is 4.49. The van der Waals surface area contributed by atoms with Crippen LogP contribution in [0.5, 0.6) is 0 Å². The number of nitrogens with two attached hydrogens (primary N) is 1. The highest BCUT2D eigenvalue weighted by atomic mass is 19.1. The Morgan fingerprint density at radius 1 is 1.22 bits per heavy atom. The van der Waals surface area contributed by atoms with Crippen molar-refractivity contribution in [2.45, 2.75) is 13.3 Å². The van der Waals surface area contributed by atoms with Crippen LogP contribution in [0, 0.1) is 18.7 Å². The predicted molar refractivity (Wildman–Crippen MR) is 89.6 cm³/mol. The maximum absolute atomic E-state index is 14.4. The normalized spacial score (nSPS) is 17.5. The highest BCUT2D eigenvalue weighted by molar-refractivity contribution is 5.95. The fraction of sp³-hybridized carbons (Fsp3) is 0.316. The molecule has 0 radical (unpaired) electrons. The molecule has 1 saturated heterocycles. The highest BCUT2D eigenvalue weighted by Crippen LogP contribution is 2.24. The van der Waals surface area contributed by atoms with Crippen molar-refractivity contribution in [1.82, 2.24) is 4.90 Å². The van der Waals surface area contributed by atoms with Crippen molar-refractivity contribution in [3.63, 3.8) is 0 Å². The van der Waals surface area contributed by atoms with Gasteiger partial charge in [0.15, 0.2) is 0 Å². The highest BCUT2D eigenvalue weighted by Gasteiger charge is 2.27. The number of benzene rings is 2. The van der Waals surface area contributed by atoms with Crippen molar-refractivity contribution in [1.29, 1.82) is 0 Å². The van der Waals surface area contributed by atoms with Crippen molar-refractivity contribution in [3.05, 3.63) is 59.4 Å². The van der Waals surface area contributed by atoms with Crippen LogP contribution < -0.4 is 5.73 Å². The molecule has 1 fully saturated rings. The fourth-order valence-corrected chi connectivity index (χ4v) is 2.99. The molecule has 2 aromatic carbocycles. The van der Waals surface area contributed by atoms with Gasteiger partial charge in [0, 0.05) is 13.1 Å². The second-order valence-corrected chi connectivity index (χ2v) is 6.20. The summed E-state index contributed by atoms with van der Waals surface area (Å²) >= 11 is 0. The molecule has 1 heterocycles. The summed E-state index contributed by atoms with van der Waals surface area (Å²) in [6, 6.07) is 12.7. The molecule has 3 nitrogen and oxygen atoms in total. The second kappa shape index (κ2) is 6.50. The average molecular weight is 312 g/mol. The van der Waals surface area contributed by atoms with Crippen LogP contribution in [0.15, 0.2) is 42.5 Å². The van der Waals surface area contributed by atoms with Gasteiger partial charge >= 0.3 is 0 Å². The Balaban J connectivity index is 1.82. The van der Waals surface area contributed by atoms with Gasteiger partial charge in [-0.25, -0.2) is 4.39 Å². The van der Waals surface area contributed by atoms with Gasteiger partial charge in [-0.3, -0.25) is 4.79 Å². The van der Waals surface area contributed by atoms with E-state index in [1.54, 1.807) is 17.0 Å². The van der Waals surface area contributed by atoms with Crippen LogP contribution in [-0.4, -0.2) is 30.4 Å². The summed E-state index contributed by atoms with van der Waals surface area (Å²) in [5.74, 6) is -0.382. The molecule has 1 aliphatic heterocycles. The first-order valence-corrected chi connectivity index (χ1v) is 7.94. The fourth-order valence-electron chi connectivity index (χ4n) is 2.99. The molecular weight excluding hydrogens is 291 g/mol. The Kier molecular flexibility index (Phi) is 4.44. The number of rotatable bonds is 3. The maximum atomic E-state index is 14.4. The topological polar surface area (TPSA) is 46.3 Å². The number of likely N-dealkylation sites (tertiary alicyclic amines) is 1. The first kappa shape index (κ1) is 15.7. The van der Waals surface area contributed by atoms with E-state index in [1.807, 2.05) is 31.2 Å². The Morgan fingerprint density at radius 2 is 1.91 bits per heavy atom. The number of amides is 1. The van der Waals surface area contributed by atoms with E-state index in [1.165, 1.54) is 6.07 Å². The second-order valence-electron chi connectivity index (χ2n) is 6.20. The van der Waals surface area contributed by atoms with Crippen molar-refractivity contribution in [2.24, 2.45) is 11.7 Å². The van der Waals surface area contributed by atoms with E-state index in [0.29, 0.717) is 25.6 Å². The minimum absolute atomic E-state index is 0.138. The summed E-state index contributed by atoms with van der Waals surface area (Å²) in [4.78, 5) is 14.2. The first-order chi connectivity index (χ1) is 11.1. The zero-order chi connectivity index (χ0) is 16.4. The average Bonchev–Trinajstić information content (AvgIpc) is 3.04. The lowest BCUT2D eigenvalue weighted by Crippen LogP contribution is -2.30. The van der Waals surface area contributed by atoms with Crippen molar-refractivity contribution in [2.75, 3.05) is 19.6 Å². The minimum atomic E-state index is -0.468. The molecule has 2 aromatic rings. The van der Waals surface area contributed by atoms with Gasteiger partial charge in [0.1, 0.15) is 5.82 Å². The minimum Gasteiger partial charge on any atom is -0.338 e. The molecule has 0 bridgehead atoms. The lowest BCUT2D eigenvalue weighted by atomic mass is 10.0. The van der Waals surface area contributed by atoms with E-state index in [9.17, 15) is 9.18 Å². The third kappa shape index (κ3) is 3.27. The quantitative estimate of drug-likeness (QED) is 0.946. The predicted octanol–water partition coefficient (Wildman–Crippen LogP) is 3.22. The molecule has 1 amide bonds. The molecule has 1 aliphatic rings. The number of hydrogen-bond donors (Lipinski definition) is 1. The summed E-state index contributed by atoms with van der Waals surface area (Å²) in [7, 11) is 0.